The lowest BCUT2D eigenvalue weighted by Gasteiger charge is -2.15. The van der Waals surface area contributed by atoms with Gasteiger partial charge in [-0.05, 0) is 31.2 Å². The minimum Gasteiger partial charge on any atom is -0.393 e. The largest absolute Gasteiger partial charge is 0.393 e. The molecule has 2 atom stereocenters. The lowest BCUT2D eigenvalue weighted by molar-refractivity contribution is 0.115. The Bertz CT molecular complexity index is 140. The molecule has 2 unspecified atom stereocenters. The van der Waals surface area contributed by atoms with E-state index in [0.29, 0.717) is 11.8 Å². The molecule has 0 aromatic carbocycles. The van der Waals surface area contributed by atoms with Crippen LogP contribution >= 0.6 is 0 Å². The summed E-state index contributed by atoms with van der Waals surface area (Å²) < 4.78 is 5.28. The zero-order valence-electron chi connectivity index (χ0n) is 9.33. The molecule has 0 spiro atoms. The maximum atomic E-state index is 9.55. The van der Waals surface area contributed by atoms with Crippen molar-refractivity contribution in [1.29, 1.82) is 0 Å². The topological polar surface area (TPSA) is 41.5 Å². The molecule has 3 nitrogen and oxygen atoms in total. The summed E-state index contributed by atoms with van der Waals surface area (Å²) in [5, 5.41) is 12.9. The highest BCUT2D eigenvalue weighted by Crippen LogP contribution is 2.10. The summed E-state index contributed by atoms with van der Waals surface area (Å²) in [6.07, 6.45) is 1.87. The third kappa shape index (κ3) is 4.40. The van der Waals surface area contributed by atoms with Crippen LogP contribution in [0.5, 0.6) is 0 Å². The van der Waals surface area contributed by atoms with Crippen molar-refractivity contribution in [3.05, 3.63) is 0 Å². The summed E-state index contributed by atoms with van der Waals surface area (Å²) in [6.45, 7) is 7.87. The van der Waals surface area contributed by atoms with Gasteiger partial charge in [-0.15, -0.1) is 0 Å². The number of nitrogens with one attached hydrogen (secondary N) is 1. The van der Waals surface area contributed by atoms with Crippen molar-refractivity contribution < 1.29 is 9.84 Å². The first-order valence-electron chi connectivity index (χ1n) is 5.66. The molecule has 84 valence electrons. The minimum absolute atomic E-state index is 0.165. The van der Waals surface area contributed by atoms with Crippen molar-refractivity contribution in [2.24, 2.45) is 11.8 Å². The molecule has 1 rings (SSSR count). The predicted octanol–water partition coefficient (Wildman–Crippen LogP) is 1.02. The van der Waals surface area contributed by atoms with Gasteiger partial charge < -0.3 is 15.2 Å². The lowest BCUT2D eigenvalue weighted by atomic mass is 10.0. The van der Waals surface area contributed by atoms with E-state index >= 15 is 0 Å². The van der Waals surface area contributed by atoms with E-state index in [1.54, 1.807) is 0 Å². The molecule has 1 fully saturated rings. The fourth-order valence-corrected chi connectivity index (χ4v) is 1.63. The standard InChI is InChI=1S/C11H23NO2/c1-9(2)11(13)3-5-12-7-10-4-6-14-8-10/h9-13H,3-8H2,1-2H3. The number of ether oxygens (including phenoxy) is 1. The molecular weight excluding hydrogens is 178 g/mol. The van der Waals surface area contributed by atoms with E-state index in [-0.39, 0.29) is 6.10 Å². The van der Waals surface area contributed by atoms with Crippen molar-refractivity contribution >= 4 is 0 Å². The van der Waals surface area contributed by atoms with Crippen LogP contribution in [-0.2, 0) is 4.74 Å². The van der Waals surface area contributed by atoms with E-state index in [9.17, 15) is 5.11 Å². The second-order valence-electron chi connectivity index (χ2n) is 4.53. The summed E-state index contributed by atoms with van der Waals surface area (Å²) >= 11 is 0. The van der Waals surface area contributed by atoms with Gasteiger partial charge in [-0.1, -0.05) is 13.8 Å². The molecule has 1 heterocycles. The first kappa shape index (κ1) is 12.0. The van der Waals surface area contributed by atoms with Gasteiger partial charge in [0.2, 0.25) is 0 Å². The molecule has 0 aliphatic carbocycles. The molecule has 0 saturated carbocycles. The Morgan fingerprint density at radius 3 is 2.86 bits per heavy atom. The Morgan fingerprint density at radius 2 is 2.29 bits per heavy atom. The van der Waals surface area contributed by atoms with Gasteiger partial charge in [0, 0.05) is 13.2 Å². The van der Waals surface area contributed by atoms with E-state index in [4.69, 9.17) is 4.74 Å². The maximum absolute atomic E-state index is 9.55. The van der Waals surface area contributed by atoms with Crippen LogP contribution in [0.3, 0.4) is 0 Å². The average molecular weight is 201 g/mol. The molecule has 14 heavy (non-hydrogen) atoms. The monoisotopic (exact) mass is 201 g/mol. The van der Waals surface area contributed by atoms with Crippen LogP contribution in [0.25, 0.3) is 0 Å². The Balaban J connectivity index is 1.93. The van der Waals surface area contributed by atoms with Gasteiger partial charge in [0.15, 0.2) is 0 Å². The van der Waals surface area contributed by atoms with Gasteiger partial charge in [-0.2, -0.15) is 0 Å². The number of aliphatic hydroxyl groups excluding tert-OH is 1. The smallest absolute Gasteiger partial charge is 0.0575 e. The van der Waals surface area contributed by atoms with Crippen LogP contribution in [-0.4, -0.2) is 37.5 Å². The quantitative estimate of drug-likeness (QED) is 0.630. The fraction of sp³-hybridized carbons (Fsp3) is 1.00. The van der Waals surface area contributed by atoms with Gasteiger partial charge in [0.25, 0.3) is 0 Å². The summed E-state index contributed by atoms with van der Waals surface area (Å²) in [6, 6.07) is 0. The van der Waals surface area contributed by atoms with E-state index in [1.165, 1.54) is 6.42 Å². The molecule has 2 N–H and O–H groups in total. The summed E-state index contributed by atoms with van der Waals surface area (Å²) in [7, 11) is 0. The normalized spacial score (nSPS) is 24.4. The number of hydrogen-bond acceptors (Lipinski definition) is 3. The van der Waals surface area contributed by atoms with Gasteiger partial charge in [-0.3, -0.25) is 0 Å². The number of rotatable bonds is 6. The SMILES string of the molecule is CC(C)C(O)CCNCC1CCOC1. The molecule has 0 aromatic heterocycles. The van der Waals surface area contributed by atoms with Crippen molar-refractivity contribution in [2.45, 2.75) is 32.8 Å². The van der Waals surface area contributed by atoms with Crippen LogP contribution in [0.1, 0.15) is 26.7 Å². The van der Waals surface area contributed by atoms with Gasteiger partial charge in [0.05, 0.1) is 12.7 Å². The highest BCUT2D eigenvalue weighted by molar-refractivity contribution is 4.68. The lowest BCUT2D eigenvalue weighted by Crippen LogP contribution is -2.28. The maximum Gasteiger partial charge on any atom is 0.0575 e. The van der Waals surface area contributed by atoms with Crippen LogP contribution < -0.4 is 5.32 Å². The van der Waals surface area contributed by atoms with Crippen molar-refractivity contribution in [3.8, 4) is 0 Å². The van der Waals surface area contributed by atoms with Crippen molar-refractivity contribution in [1.82, 2.24) is 5.32 Å². The van der Waals surface area contributed by atoms with Gasteiger partial charge in [0.1, 0.15) is 0 Å². The second kappa shape index (κ2) is 6.38. The third-order valence-electron chi connectivity index (χ3n) is 2.84. The Morgan fingerprint density at radius 1 is 1.50 bits per heavy atom. The van der Waals surface area contributed by atoms with Crippen molar-refractivity contribution in [3.63, 3.8) is 0 Å². The highest BCUT2D eigenvalue weighted by atomic mass is 16.5. The van der Waals surface area contributed by atoms with Gasteiger partial charge >= 0.3 is 0 Å². The molecule has 1 saturated heterocycles. The first-order valence-corrected chi connectivity index (χ1v) is 5.66. The third-order valence-corrected chi connectivity index (χ3v) is 2.84. The highest BCUT2D eigenvalue weighted by Gasteiger charge is 2.15. The summed E-state index contributed by atoms with van der Waals surface area (Å²) in [5.41, 5.74) is 0. The molecule has 0 bridgehead atoms. The molecule has 0 amide bonds. The van der Waals surface area contributed by atoms with Crippen LogP contribution in [0.15, 0.2) is 0 Å². The minimum atomic E-state index is -0.165. The number of hydrogen-bond donors (Lipinski definition) is 2. The fourth-order valence-electron chi connectivity index (χ4n) is 1.63. The van der Waals surface area contributed by atoms with Crippen LogP contribution in [0, 0.1) is 11.8 Å². The van der Waals surface area contributed by atoms with Crippen LogP contribution in [0.2, 0.25) is 0 Å². The van der Waals surface area contributed by atoms with E-state index in [0.717, 1.165) is 32.7 Å². The van der Waals surface area contributed by atoms with E-state index in [1.807, 2.05) is 0 Å². The van der Waals surface area contributed by atoms with E-state index in [2.05, 4.69) is 19.2 Å². The molecule has 3 heteroatoms. The summed E-state index contributed by atoms with van der Waals surface area (Å²) in [4.78, 5) is 0. The molecular formula is C11H23NO2. The first-order chi connectivity index (χ1) is 6.70. The molecule has 1 aliphatic heterocycles. The average Bonchev–Trinajstić information content (AvgIpc) is 2.64. The van der Waals surface area contributed by atoms with Crippen molar-refractivity contribution in [2.75, 3.05) is 26.3 Å². The number of aliphatic hydroxyl groups is 1. The Kier molecular flexibility index (Phi) is 5.45. The Labute approximate surface area is 86.8 Å². The predicted molar refractivity (Wildman–Crippen MR) is 57.3 cm³/mol. The Hall–Kier alpha value is -0.120. The molecule has 0 aromatic rings. The van der Waals surface area contributed by atoms with E-state index < -0.39 is 0 Å². The zero-order valence-corrected chi connectivity index (χ0v) is 9.33. The van der Waals surface area contributed by atoms with Gasteiger partial charge in [-0.25, -0.2) is 0 Å². The summed E-state index contributed by atoms with van der Waals surface area (Å²) in [5.74, 6) is 1.05. The van der Waals surface area contributed by atoms with Crippen LogP contribution in [0.4, 0.5) is 0 Å². The molecule has 0 radical (unpaired) electrons. The zero-order chi connectivity index (χ0) is 10.4. The second-order valence-corrected chi connectivity index (χ2v) is 4.53. The molecule has 1 aliphatic rings.